The number of hydrogen-bond donors (Lipinski definition) is 4. The summed E-state index contributed by atoms with van der Waals surface area (Å²) in [7, 11) is 1.46. The van der Waals surface area contributed by atoms with Gasteiger partial charge >= 0.3 is 5.97 Å². The van der Waals surface area contributed by atoms with E-state index in [1.54, 1.807) is 0 Å². The Morgan fingerprint density at radius 2 is 2.24 bits per heavy atom. The van der Waals surface area contributed by atoms with E-state index >= 15 is 0 Å². The molecule has 3 atom stereocenters. The molecular formula is C10H17NO6. The van der Waals surface area contributed by atoms with Gasteiger partial charge in [0.15, 0.2) is 17.6 Å². The van der Waals surface area contributed by atoms with Crippen LogP contribution >= 0.6 is 0 Å². The van der Waals surface area contributed by atoms with Crippen molar-refractivity contribution in [2.75, 3.05) is 13.7 Å². The number of cyclic esters (lactones) is 1. The second-order valence-electron chi connectivity index (χ2n) is 3.61. The van der Waals surface area contributed by atoms with Gasteiger partial charge in [-0.2, -0.15) is 0 Å². The summed E-state index contributed by atoms with van der Waals surface area (Å²) in [6.45, 7) is 1.22. The predicted molar refractivity (Wildman–Crippen MR) is 56.9 cm³/mol. The number of esters is 1. The molecule has 0 aliphatic carbocycles. The molecule has 0 aromatic rings. The molecule has 0 radical (unpaired) electrons. The number of hydrogen-bond acceptors (Lipinski definition) is 7. The molecule has 0 aromatic heterocycles. The third-order valence-electron chi connectivity index (χ3n) is 2.46. The van der Waals surface area contributed by atoms with E-state index in [0.717, 1.165) is 0 Å². The maximum atomic E-state index is 11.4. The highest BCUT2D eigenvalue weighted by atomic mass is 16.6. The van der Waals surface area contributed by atoms with Gasteiger partial charge in [-0.25, -0.2) is 4.79 Å². The molecule has 98 valence electrons. The summed E-state index contributed by atoms with van der Waals surface area (Å²) in [6, 6.07) is 0. The highest BCUT2D eigenvalue weighted by Crippen LogP contribution is 2.22. The van der Waals surface area contributed by atoms with Crippen LogP contribution in [-0.4, -0.2) is 53.4 Å². The Morgan fingerprint density at radius 1 is 1.59 bits per heavy atom. The third kappa shape index (κ3) is 2.87. The molecular weight excluding hydrogens is 230 g/mol. The Bertz CT molecular complexity index is 312. The zero-order valence-electron chi connectivity index (χ0n) is 9.71. The minimum absolute atomic E-state index is 0.142. The molecule has 7 nitrogen and oxygen atoms in total. The van der Waals surface area contributed by atoms with E-state index in [4.69, 9.17) is 14.6 Å². The van der Waals surface area contributed by atoms with Gasteiger partial charge in [-0.1, -0.05) is 6.92 Å². The second-order valence-corrected chi connectivity index (χ2v) is 3.61. The van der Waals surface area contributed by atoms with E-state index in [-0.39, 0.29) is 5.70 Å². The lowest BCUT2D eigenvalue weighted by atomic mass is 10.2. The standard InChI is InChI=1S/C10H17NO6/c1-3-6(16-2)11-7-8(14)9(5(13)4-12)17-10(7)15/h5-6,9,11-14H,3-4H2,1-2H3. The monoisotopic (exact) mass is 247 g/mol. The largest absolute Gasteiger partial charge is 0.506 e. The van der Waals surface area contributed by atoms with Crippen LogP contribution in [0.5, 0.6) is 0 Å². The smallest absolute Gasteiger partial charge is 0.358 e. The summed E-state index contributed by atoms with van der Waals surface area (Å²) < 4.78 is 9.74. The number of aliphatic hydroxyl groups excluding tert-OH is 3. The van der Waals surface area contributed by atoms with Crippen LogP contribution in [0.4, 0.5) is 0 Å². The summed E-state index contributed by atoms with van der Waals surface area (Å²) in [6.07, 6.45) is -2.44. The van der Waals surface area contributed by atoms with Gasteiger partial charge in [0.2, 0.25) is 0 Å². The van der Waals surface area contributed by atoms with Crippen LogP contribution in [0.25, 0.3) is 0 Å². The van der Waals surface area contributed by atoms with Crippen molar-refractivity contribution in [2.45, 2.75) is 31.8 Å². The maximum absolute atomic E-state index is 11.4. The SMILES string of the molecule is CCC(NC1=C(O)C(C(O)CO)OC1=O)OC. The van der Waals surface area contributed by atoms with Crippen LogP contribution in [0.15, 0.2) is 11.5 Å². The molecule has 17 heavy (non-hydrogen) atoms. The number of methoxy groups -OCH3 is 1. The molecule has 0 saturated carbocycles. The average Bonchev–Trinajstić information content (AvgIpc) is 2.61. The van der Waals surface area contributed by atoms with Crippen LogP contribution in [0, 0.1) is 0 Å². The lowest BCUT2D eigenvalue weighted by molar-refractivity contribution is -0.146. The summed E-state index contributed by atoms with van der Waals surface area (Å²) in [4.78, 5) is 11.4. The van der Waals surface area contributed by atoms with Gasteiger partial charge in [-0.05, 0) is 6.42 Å². The van der Waals surface area contributed by atoms with Crippen molar-refractivity contribution >= 4 is 5.97 Å². The van der Waals surface area contributed by atoms with E-state index in [0.29, 0.717) is 6.42 Å². The zero-order valence-corrected chi connectivity index (χ0v) is 9.71. The number of rotatable bonds is 6. The minimum atomic E-state index is -1.35. The molecule has 4 N–H and O–H groups in total. The molecule has 1 heterocycles. The fourth-order valence-electron chi connectivity index (χ4n) is 1.45. The first-order valence-electron chi connectivity index (χ1n) is 5.27. The first kappa shape index (κ1) is 13.8. The van der Waals surface area contributed by atoms with Crippen molar-refractivity contribution in [1.29, 1.82) is 0 Å². The molecule has 0 spiro atoms. The van der Waals surface area contributed by atoms with Gasteiger partial charge in [-0.3, -0.25) is 0 Å². The first-order valence-corrected chi connectivity index (χ1v) is 5.27. The van der Waals surface area contributed by atoms with Crippen LogP contribution in [0.1, 0.15) is 13.3 Å². The Morgan fingerprint density at radius 3 is 2.71 bits per heavy atom. The van der Waals surface area contributed by atoms with Crippen molar-refractivity contribution in [3.63, 3.8) is 0 Å². The summed E-state index contributed by atoms with van der Waals surface area (Å²) in [5.74, 6) is -1.21. The van der Waals surface area contributed by atoms with Gasteiger partial charge in [0.1, 0.15) is 12.3 Å². The molecule has 0 aromatic carbocycles. The summed E-state index contributed by atoms with van der Waals surface area (Å²) >= 11 is 0. The third-order valence-corrected chi connectivity index (χ3v) is 2.46. The quantitative estimate of drug-likeness (QED) is 0.352. The molecule has 0 fully saturated rings. The van der Waals surface area contributed by atoms with Gasteiger partial charge < -0.3 is 30.1 Å². The van der Waals surface area contributed by atoms with Gasteiger partial charge in [0.05, 0.1) is 6.61 Å². The number of aliphatic hydroxyl groups is 3. The Hall–Kier alpha value is -1.31. The predicted octanol–water partition coefficient (Wildman–Crippen LogP) is -0.993. The molecule has 0 saturated heterocycles. The van der Waals surface area contributed by atoms with Crippen LogP contribution in [0.3, 0.4) is 0 Å². The Labute approximate surface area is 98.6 Å². The highest BCUT2D eigenvalue weighted by Gasteiger charge is 2.39. The fraction of sp³-hybridized carbons (Fsp3) is 0.700. The average molecular weight is 247 g/mol. The van der Waals surface area contributed by atoms with E-state index in [1.165, 1.54) is 7.11 Å². The molecule has 0 amide bonds. The normalized spacial score (nSPS) is 23.5. The minimum Gasteiger partial charge on any atom is -0.506 e. The second kappa shape index (κ2) is 5.85. The molecule has 0 bridgehead atoms. The molecule has 1 rings (SSSR count). The van der Waals surface area contributed by atoms with Crippen molar-refractivity contribution in [1.82, 2.24) is 5.32 Å². The summed E-state index contributed by atoms with van der Waals surface area (Å²) in [5.41, 5.74) is -0.142. The molecule has 1 aliphatic heterocycles. The van der Waals surface area contributed by atoms with Crippen molar-refractivity contribution in [2.24, 2.45) is 0 Å². The maximum Gasteiger partial charge on any atom is 0.358 e. The molecule has 3 unspecified atom stereocenters. The Balaban J connectivity index is 2.81. The summed E-state index contributed by atoms with van der Waals surface area (Å²) in [5, 5.41) is 30.4. The molecule has 7 heteroatoms. The van der Waals surface area contributed by atoms with Gasteiger partial charge in [-0.15, -0.1) is 0 Å². The number of ether oxygens (including phenoxy) is 2. The lowest BCUT2D eigenvalue weighted by Crippen LogP contribution is -2.32. The van der Waals surface area contributed by atoms with Crippen LogP contribution in [0.2, 0.25) is 0 Å². The van der Waals surface area contributed by atoms with Crippen molar-refractivity contribution in [3.8, 4) is 0 Å². The van der Waals surface area contributed by atoms with Crippen LogP contribution < -0.4 is 5.32 Å². The first-order chi connectivity index (χ1) is 8.04. The van der Waals surface area contributed by atoms with Crippen LogP contribution in [-0.2, 0) is 14.3 Å². The fourth-order valence-corrected chi connectivity index (χ4v) is 1.45. The zero-order chi connectivity index (χ0) is 13.0. The Kier molecular flexibility index (Phi) is 4.73. The highest BCUT2D eigenvalue weighted by molar-refractivity contribution is 5.91. The van der Waals surface area contributed by atoms with E-state index < -0.39 is 36.8 Å². The van der Waals surface area contributed by atoms with Gasteiger partial charge in [0, 0.05) is 7.11 Å². The van der Waals surface area contributed by atoms with Gasteiger partial charge in [0.25, 0.3) is 0 Å². The van der Waals surface area contributed by atoms with E-state index in [2.05, 4.69) is 5.32 Å². The number of carbonyl (C=O) groups is 1. The molecule has 1 aliphatic rings. The topological polar surface area (TPSA) is 108 Å². The van der Waals surface area contributed by atoms with E-state index in [9.17, 15) is 15.0 Å². The van der Waals surface area contributed by atoms with Crippen molar-refractivity contribution < 1.29 is 29.6 Å². The lowest BCUT2D eigenvalue weighted by Gasteiger charge is -2.15. The number of nitrogens with one attached hydrogen (secondary N) is 1. The number of carbonyl (C=O) groups excluding carboxylic acids is 1. The van der Waals surface area contributed by atoms with Crippen molar-refractivity contribution in [3.05, 3.63) is 11.5 Å². The van der Waals surface area contributed by atoms with E-state index in [1.807, 2.05) is 6.92 Å².